The number of anilines is 1. The van der Waals surface area contributed by atoms with Crippen LogP contribution in [-0.2, 0) is 17.8 Å². The lowest BCUT2D eigenvalue weighted by Gasteiger charge is -2.37. The van der Waals surface area contributed by atoms with Crippen LogP contribution in [0.3, 0.4) is 0 Å². The number of carbonyl (C=O) groups excluding carboxylic acids is 1. The standard InChI is InChI=1S/C25H30N4O3/c1-3-13-29-23-16-20(31-2)9-10-21(23)22(26-29)17-27-14-11-25(12-15-27)18-28(24(30)32-25)19-7-5-4-6-8-19/h4-10,16H,3,11-15,17-18H2,1-2H3. The number of likely N-dealkylation sites (tertiary alicyclic amines) is 1. The summed E-state index contributed by atoms with van der Waals surface area (Å²) in [6.45, 7) is 6.24. The molecule has 0 radical (unpaired) electrons. The van der Waals surface area contributed by atoms with Crippen LogP contribution in [-0.4, -0.2) is 53.1 Å². The lowest BCUT2D eigenvalue weighted by atomic mass is 9.91. The van der Waals surface area contributed by atoms with Gasteiger partial charge in [-0.3, -0.25) is 14.5 Å². The van der Waals surface area contributed by atoms with Gasteiger partial charge in [0.15, 0.2) is 0 Å². The van der Waals surface area contributed by atoms with Crippen LogP contribution in [0, 0.1) is 0 Å². The normalized spacial score (nSPS) is 18.4. The second kappa shape index (κ2) is 8.47. The lowest BCUT2D eigenvalue weighted by Crippen LogP contribution is -2.46. The molecule has 7 nitrogen and oxygen atoms in total. The first-order valence-electron chi connectivity index (χ1n) is 11.4. The van der Waals surface area contributed by atoms with Crippen molar-refractivity contribution in [2.24, 2.45) is 0 Å². The quantitative estimate of drug-likeness (QED) is 0.574. The van der Waals surface area contributed by atoms with E-state index in [-0.39, 0.29) is 11.7 Å². The van der Waals surface area contributed by atoms with E-state index < -0.39 is 0 Å². The Bertz CT molecular complexity index is 1100. The third-order valence-corrected chi connectivity index (χ3v) is 6.65. The lowest BCUT2D eigenvalue weighted by molar-refractivity contribution is -0.00119. The zero-order valence-corrected chi connectivity index (χ0v) is 18.8. The SMILES string of the molecule is CCCn1nc(CN2CCC3(CC2)CN(c2ccccc2)C(=O)O3)c2ccc(OC)cc21. The number of nitrogens with zero attached hydrogens (tertiary/aromatic N) is 4. The number of ether oxygens (including phenoxy) is 2. The van der Waals surface area contributed by atoms with Crippen LogP contribution in [0.15, 0.2) is 48.5 Å². The maximum Gasteiger partial charge on any atom is 0.415 e. The van der Waals surface area contributed by atoms with Crippen molar-refractivity contribution in [3.8, 4) is 5.75 Å². The number of methoxy groups -OCH3 is 1. The third kappa shape index (κ3) is 3.81. The minimum atomic E-state index is -0.388. The number of benzene rings is 2. The average Bonchev–Trinajstić information content (AvgIpc) is 3.33. The van der Waals surface area contributed by atoms with Crippen molar-refractivity contribution in [2.45, 2.75) is 44.9 Å². The summed E-state index contributed by atoms with van der Waals surface area (Å²) >= 11 is 0. The number of aryl methyl sites for hydroxylation is 1. The number of rotatable bonds is 6. The monoisotopic (exact) mass is 434 g/mol. The Morgan fingerprint density at radius 1 is 1.12 bits per heavy atom. The summed E-state index contributed by atoms with van der Waals surface area (Å²) in [5.41, 5.74) is 2.74. The molecule has 168 valence electrons. The molecule has 2 aliphatic rings. The van der Waals surface area contributed by atoms with E-state index in [4.69, 9.17) is 14.6 Å². The summed E-state index contributed by atoms with van der Waals surface area (Å²) < 4.78 is 13.4. The molecule has 0 N–H and O–H groups in total. The van der Waals surface area contributed by atoms with Crippen LogP contribution in [0.25, 0.3) is 10.9 Å². The van der Waals surface area contributed by atoms with Crippen molar-refractivity contribution in [3.05, 3.63) is 54.2 Å². The second-order valence-corrected chi connectivity index (χ2v) is 8.80. The minimum absolute atomic E-state index is 0.233. The van der Waals surface area contributed by atoms with Gasteiger partial charge in [-0.25, -0.2) is 4.79 Å². The molecule has 1 amide bonds. The summed E-state index contributed by atoms with van der Waals surface area (Å²) in [5, 5.41) is 6.11. The van der Waals surface area contributed by atoms with Gasteiger partial charge in [-0.1, -0.05) is 25.1 Å². The van der Waals surface area contributed by atoms with Gasteiger partial charge in [0.25, 0.3) is 0 Å². The van der Waals surface area contributed by atoms with Crippen LogP contribution in [0.5, 0.6) is 5.75 Å². The molecule has 1 spiro atoms. The molecular formula is C25H30N4O3. The fourth-order valence-electron chi connectivity index (χ4n) is 4.87. The summed E-state index contributed by atoms with van der Waals surface area (Å²) in [6, 6.07) is 16.0. The molecule has 7 heteroatoms. The van der Waals surface area contributed by atoms with Crippen molar-refractivity contribution < 1.29 is 14.3 Å². The number of aromatic nitrogens is 2. The van der Waals surface area contributed by atoms with E-state index in [1.807, 2.05) is 36.4 Å². The van der Waals surface area contributed by atoms with E-state index in [0.717, 1.165) is 68.1 Å². The molecule has 2 saturated heterocycles. The van der Waals surface area contributed by atoms with Gasteiger partial charge in [0.2, 0.25) is 0 Å². The van der Waals surface area contributed by atoms with Gasteiger partial charge in [0.1, 0.15) is 11.4 Å². The van der Waals surface area contributed by atoms with Crippen LogP contribution >= 0.6 is 0 Å². The van der Waals surface area contributed by atoms with Gasteiger partial charge >= 0.3 is 6.09 Å². The predicted octanol–water partition coefficient (Wildman–Crippen LogP) is 4.45. The van der Waals surface area contributed by atoms with Crippen molar-refractivity contribution in [3.63, 3.8) is 0 Å². The number of piperidine rings is 1. The first-order chi connectivity index (χ1) is 15.6. The second-order valence-electron chi connectivity index (χ2n) is 8.80. The Kier molecular flexibility index (Phi) is 5.51. The third-order valence-electron chi connectivity index (χ3n) is 6.65. The van der Waals surface area contributed by atoms with Crippen LogP contribution in [0.2, 0.25) is 0 Å². The van der Waals surface area contributed by atoms with E-state index in [1.54, 1.807) is 12.0 Å². The zero-order chi connectivity index (χ0) is 22.1. The minimum Gasteiger partial charge on any atom is -0.497 e. The van der Waals surface area contributed by atoms with Gasteiger partial charge in [-0.05, 0) is 30.7 Å². The number of fused-ring (bicyclic) bond motifs is 1. The van der Waals surface area contributed by atoms with Crippen LogP contribution in [0.1, 0.15) is 31.9 Å². The Hall–Kier alpha value is -3.06. The Morgan fingerprint density at radius 3 is 2.62 bits per heavy atom. The largest absolute Gasteiger partial charge is 0.497 e. The van der Waals surface area contributed by atoms with E-state index in [9.17, 15) is 4.79 Å². The predicted molar refractivity (Wildman–Crippen MR) is 124 cm³/mol. The van der Waals surface area contributed by atoms with Gasteiger partial charge < -0.3 is 9.47 Å². The highest BCUT2D eigenvalue weighted by Gasteiger charge is 2.47. The van der Waals surface area contributed by atoms with E-state index in [1.165, 1.54) is 5.39 Å². The highest BCUT2D eigenvalue weighted by atomic mass is 16.6. The van der Waals surface area contributed by atoms with Crippen molar-refractivity contribution in [1.82, 2.24) is 14.7 Å². The van der Waals surface area contributed by atoms with Gasteiger partial charge in [-0.2, -0.15) is 5.10 Å². The number of hydrogen-bond donors (Lipinski definition) is 0. The first-order valence-corrected chi connectivity index (χ1v) is 11.4. The molecule has 0 atom stereocenters. The number of para-hydroxylation sites is 1. The maximum atomic E-state index is 12.6. The Labute approximate surface area is 188 Å². The van der Waals surface area contributed by atoms with E-state index >= 15 is 0 Å². The zero-order valence-electron chi connectivity index (χ0n) is 18.8. The molecule has 0 aliphatic carbocycles. The molecule has 0 bridgehead atoms. The van der Waals surface area contributed by atoms with Crippen LogP contribution < -0.4 is 9.64 Å². The molecule has 32 heavy (non-hydrogen) atoms. The summed E-state index contributed by atoms with van der Waals surface area (Å²) in [6.07, 6.45) is 2.47. The highest BCUT2D eigenvalue weighted by Crippen LogP contribution is 2.36. The van der Waals surface area contributed by atoms with Gasteiger partial charge in [0, 0.05) is 56.2 Å². The Balaban J connectivity index is 1.28. The molecule has 3 heterocycles. The molecular weight excluding hydrogens is 404 g/mol. The molecule has 2 aromatic carbocycles. The molecule has 1 aromatic heterocycles. The molecule has 0 unspecified atom stereocenters. The molecule has 5 rings (SSSR count). The van der Waals surface area contributed by atoms with E-state index in [0.29, 0.717) is 6.54 Å². The maximum absolute atomic E-state index is 12.6. The molecule has 2 fully saturated rings. The highest BCUT2D eigenvalue weighted by molar-refractivity contribution is 5.90. The first kappa shape index (κ1) is 20.8. The van der Waals surface area contributed by atoms with Gasteiger partial charge in [0.05, 0.1) is 24.9 Å². The van der Waals surface area contributed by atoms with Crippen molar-refractivity contribution in [1.29, 1.82) is 0 Å². The van der Waals surface area contributed by atoms with Gasteiger partial charge in [-0.15, -0.1) is 0 Å². The van der Waals surface area contributed by atoms with Crippen LogP contribution in [0.4, 0.5) is 10.5 Å². The number of carbonyl (C=O) groups is 1. The van der Waals surface area contributed by atoms with Crippen molar-refractivity contribution in [2.75, 3.05) is 31.6 Å². The molecule has 3 aromatic rings. The topological polar surface area (TPSA) is 59.8 Å². The van der Waals surface area contributed by atoms with Crippen molar-refractivity contribution >= 4 is 22.7 Å². The summed E-state index contributed by atoms with van der Waals surface area (Å²) in [5.74, 6) is 0.854. The summed E-state index contributed by atoms with van der Waals surface area (Å²) in [4.78, 5) is 16.7. The Morgan fingerprint density at radius 2 is 1.91 bits per heavy atom. The number of hydrogen-bond acceptors (Lipinski definition) is 5. The fraction of sp³-hybridized carbons (Fsp3) is 0.440. The summed E-state index contributed by atoms with van der Waals surface area (Å²) in [7, 11) is 1.70. The molecule has 0 saturated carbocycles. The van der Waals surface area contributed by atoms with E-state index in [2.05, 4.69) is 28.6 Å². The fourth-order valence-corrected chi connectivity index (χ4v) is 4.87. The molecule has 2 aliphatic heterocycles. The number of amides is 1. The smallest absolute Gasteiger partial charge is 0.415 e. The average molecular weight is 435 g/mol.